The summed E-state index contributed by atoms with van der Waals surface area (Å²) in [4.78, 5) is 0. The van der Waals surface area contributed by atoms with Crippen molar-refractivity contribution >= 4 is 76.3 Å². The van der Waals surface area contributed by atoms with Gasteiger partial charge >= 0.3 is 0 Å². The fourth-order valence-corrected chi connectivity index (χ4v) is 10.1. The van der Waals surface area contributed by atoms with Crippen LogP contribution < -0.4 is 0 Å². The molecule has 3 nitrogen and oxygen atoms in total. The SMILES string of the molecule is c1ccc(-c2oc3ccc4oc5c(-c6c7ccccc7c(-c7ccc8c9ccccc9n(-c9ccccc9)c8c7)c7ccccc67)cccc5c4c3c2-c2ccccc2)cc1. The Morgan fingerprint density at radius 2 is 0.852 bits per heavy atom. The maximum Gasteiger partial charge on any atom is 0.143 e. The number of benzene rings is 10. The summed E-state index contributed by atoms with van der Waals surface area (Å²) in [5.74, 6) is 0.856. The van der Waals surface area contributed by atoms with Gasteiger partial charge in [-0.05, 0) is 74.6 Å². The van der Waals surface area contributed by atoms with Gasteiger partial charge in [-0.1, -0.05) is 176 Å². The van der Waals surface area contributed by atoms with Crippen molar-refractivity contribution in [3.8, 4) is 50.4 Å². The molecule has 3 aromatic heterocycles. The topological polar surface area (TPSA) is 31.2 Å². The van der Waals surface area contributed by atoms with E-state index in [1.165, 1.54) is 54.5 Å². The van der Waals surface area contributed by atoms with E-state index in [2.05, 4.69) is 211 Å². The molecule has 0 bridgehead atoms. The van der Waals surface area contributed by atoms with Crippen LogP contribution in [0.2, 0.25) is 0 Å². The Labute approximate surface area is 350 Å². The summed E-state index contributed by atoms with van der Waals surface area (Å²) >= 11 is 0. The van der Waals surface area contributed by atoms with Crippen LogP contribution in [0.25, 0.3) is 127 Å². The number of aromatic nitrogens is 1. The van der Waals surface area contributed by atoms with Gasteiger partial charge in [0.05, 0.1) is 11.0 Å². The molecule has 10 aromatic carbocycles. The van der Waals surface area contributed by atoms with Crippen LogP contribution in [0.1, 0.15) is 0 Å². The van der Waals surface area contributed by atoms with E-state index in [1.807, 2.05) is 6.07 Å². The number of para-hydroxylation sites is 3. The van der Waals surface area contributed by atoms with Gasteiger partial charge in [0.2, 0.25) is 0 Å². The Kier molecular flexibility index (Phi) is 7.31. The molecule has 0 amide bonds. The first-order valence-electron chi connectivity index (χ1n) is 20.8. The standard InChI is InChI=1S/C58H35NO2/c1-4-17-36(18-5-1)53-56-51(60-57(53)37-19-6-2-7-20-37)34-33-50-55(56)47-29-16-28-46(58(47)61-50)54-44-26-12-10-24-42(44)52(43-25-11-13-27-45(43)54)38-31-32-41-40-23-14-15-30-48(40)59(49(41)35-38)39-21-8-3-9-22-39/h1-35H. The predicted octanol–water partition coefficient (Wildman–Crippen LogP) is 16.4. The zero-order valence-corrected chi connectivity index (χ0v) is 33.0. The monoisotopic (exact) mass is 777 g/mol. The second-order valence-electron chi connectivity index (χ2n) is 15.9. The van der Waals surface area contributed by atoms with Crippen LogP contribution in [0.3, 0.4) is 0 Å². The van der Waals surface area contributed by atoms with Crippen LogP contribution in [0, 0.1) is 0 Å². The molecule has 0 aliphatic carbocycles. The van der Waals surface area contributed by atoms with Crippen LogP contribution in [0.4, 0.5) is 0 Å². The predicted molar refractivity (Wildman–Crippen MR) is 255 cm³/mol. The molecule has 0 atom stereocenters. The molecule has 0 N–H and O–H groups in total. The van der Waals surface area contributed by atoms with E-state index in [0.29, 0.717) is 0 Å². The third-order valence-electron chi connectivity index (χ3n) is 12.6. The van der Waals surface area contributed by atoms with E-state index in [-0.39, 0.29) is 0 Å². The molecule has 0 saturated heterocycles. The van der Waals surface area contributed by atoms with Crippen LogP contribution in [0.5, 0.6) is 0 Å². The maximum atomic E-state index is 7.05. The molecule has 0 unspecified atom stereocenters. The van der Waals surface area contributed by atoms with Crippen molar-refractivity contribution in [3.05, 3.63) is 212 Å². The minimum Gasteiger partial charge on any atom is -0.455 e. The van der Waals surface area contributed by atoms with E-state index in [1.54, 1.807) is 0 Å². The molecule has 0 fully saturated rings. The second-order valence-corrected chi connectivity index (χ2v) is 15.9. The fraction of sp³-hybridized carbons (Fsp3) is 0. The van der Waals surface area contributed by atoms with E-state index < -0.39 is 0 Å². The van der Waals surface area contributed by atoms with Gasteiger partial charge < -0.3 is 13.4 Å². The molecule has 0 aliphatic heterocycles. The Balaban J connectivity index is 1.09. The fourth-order valence-electron chi connectivity index (χ4n) is 10.1. The van der Waals surface area contributed by atoms with Gasteiger partial charge in [-0.15, -0.1) is 0 Å². The molecule has 0 saturated carbocycles. The highest BCUT2D eigenvalue weighted by atomic mass is 16.3. The van der Waals surface area contributed by atoms with Crippen molar-refractivity contribution in [2.75, 3.05) is 0 Å². The van der Waals surface area contributed by atoms with Gasteiger partial charge in [0.25, 0.3) is 0 Å². The van der Waals surface area contributed by atoms with Crippen LogP contribution in [-0.2, 0) is 0 Å². The zero-order valence-electron chi connectivity index (χ0n) is 33.0. The Morgan fingerprint density at radius 1 is 0.311 bits per heavy atom. The average Bonchev–Trinajstić information content (AvgIpc) is 4.01. The summed E-state index contributed by atoms with van der Waals surface area (Å²) < 4.78 is 16.2. The quantitative estimate of drug-likeness (QED) is 0.163. The molecular formula is C58H35NO2. The third-order valence-corrected chi connectivity index (χ3v) is 12.6. The van der Waals surface area contributed by atoms with Crippen molar-refractivity contribution in [1.29, 1.82) is 0 Å². The number of rotatable bonds is 5. The maximum absolute atomic E-state index is 7.05. The van der Waals surface area contributed by atoms with Gasteiger partial charge in [0, 0.05) is 54.9 Å². The molecule has 284 valence electrons. The largest absolute Gasteiger partial charge is 0.455 e. The van der Waals surface area contributed by atoms with Gasteiger partial charge in [0.1, 0.15) is 22.5 Å². The van der Waals surface area contributed by atoms with Crippen molar-refractivity contribution in [1.82, 2.24) is 4.57 Å². The highest BCUT2D eigenvalue weighted by molar-refractivity contribution is 6.28. The first-order valence-corrected chi connectivity index (χ1v) is 20.8. The van der Waals surface area contributed by atoms with E-state index in [9.17, 15) is 0 Å². The molecule has 13 rings (SSSR count). The normalized spacial score (nSPS) is 11.9. The molecule has 3 heterocycles. The molecule has 0 aliphatic rings. The average molecular weight is 778 g/mol. The van der Waals surface area contributed by atoms with Crippen LogP contribution in [0.15, 0.2) is 221 Å². The summed E-state index contributed by atoms with van der Waals surface area (Å²) in [6.45, 7) is 0. The molecule has 61 heavy (non-hydrogen) atoms. The Hall–Kier alpha value is -8.14. The summed E-state index contributed by atoms with van der Waals surface area (Å²) in [6.07, 6.45) is 0. The van der Waals surface area contributed by atoms with E-state index >= 15 is 0 Å². The smallest absolute Gasteiger partial charge is 0.143 e. The number of fused-ring (bicyclic) bond motifs is 10. The lowest BCUT2D eigenvalue weighted by Gasteiger charge is -2.18. The van der Waals surface area contributed by atoms with Gasteiger partial charge in [-0.2, -0.15) is 0 Å². The van der Waals surface area contributed by atoms with Crippen molar-refractivity contribution in [3.63, 3.8) is 0 Å². The lowest BCUT2D eigenvalue weighted by molar-refractivity contribution is 0.632. The number of hydrogen-bond acceptors (Lipinski definition) is 2. The zero-order chi connectivity index (χ0) is 40.0. The lowest BCUT2D eigenvalue weighted by Crippen LogP contribution is -1.94. The first kappa shape index (κ1) is 33.8. The molecule has 0 spiro atoms. The lowest BCUT2D eigenvalue weighted by atomic mass is 9.85. The van der Waals surface area contributed by atoms with Gasteiger partial charge in [-0.25, -0.2) is 0 Å². The number of nitrogens with zero attached hydrogens (tertiary/aromatic N) is 1. The molecular weight excluding hydrogens is 743 g/mol. The van der Waals surface area contributed by atoms with E-state index in [4.69, 9.17) is 8.83 Å². The minimum atomic E-state index is 0.833. The number of furan rings is 2. The first-order chi connectivity index (χ1) is 30.3. The van der Waals surface area contributed by atoms with Gasteiger partial charge in [0.15, 0.2) is 0 Å². The highest BCUT2D eigenvalue weighted by Crippen LogP contribution is 2.50. The molecule has 3 heteroatoms. The minimum absolute atomic E-state index is 0.833. The van der Waals surface area contributed by atoms with Crippen LogP contribution in [-0.4, -0.2) is 4.57 Å². The second kappa shape index (κ2) is 13.2. The number of hydrogen-bond donors (Lipinski definition) is 0. The van der Waals surface area contributed by atoms with E-state index in [0.717, 1.165) is 72.2 Å². The Bertz CT molecular complexity index is 3800. The highest BCUT2D eigenvalue weighted by Gasteiger charge is 2.25. The molecule has 0 radical (unpaired) electrons. The molecule has 13 aromatic rings. The summed E-state index contributed by atoms with van der Waals surface area (Å²) in [7, 11) is 0. The van der Waals surface area contributed by atoms with Crippen molar-refractivity contribution < 1.29 is 8.83 Å². The third kappa shape index (κ3) is 4.98. The summed E-state index contributed by atoms with van der Waals surface area (Å²) in [5.41, 5.74) is 13.9. The summed E-state index contributed by atoms with van der Waals surface area (Å²) in [6, 6.07) is 75.9. The Morgan fingerprint density at radius 3 is 1.54 bits per heavy atom. The van der Waals surface area contributed by atoms with Crippen molar-refractivity contribution in [2.24, 2.45) is 0 Å². The van der Waals surface area contributed by atoms with Crippen molar-refractivity contribution in [2.45, 2.75) is 0 Å². The van der Waals surface area contributed by atoms with Gasteiger partial charge in [-0.3, -0.25) is 0 Å². The van der Waals surface area contributed by atoms with Crippen LogP contribution >= 0.6 is 0 Å². The summed E-state index contributed by atoms with van der Waals surface area (Å²) in [5, 5.41) is 10.4.